The number of nitrogens with zero attached hydrogens (tertiary/aromatic N) is 7. The minimum absolute atomic E-state index is 0.121. The Morgan fingerprint density at radius 3 is 1.97 bits per heavy atom. The average molecular weight is 977 g/mol. The lowest BCUT2D eigenvalue weighted by atomic mass is 10.1. The number of anilines is 1. The SMILES string of the molecule is N=c1ncn(CCc2cccc(F)c2)c2nc(Sc3cc4c(cc3Br)OCO4)[nH]c12.Nc1ncnc2c1nc(Sc1cc3c(cc1Br)OCO3)n2CCc1cccc(F)c1. The lowest BCUT2D eigenvalue weighted by Gasteiger charge is -2.10. The highest BCUT2D eigenvalue weighted by atomic mass is 79.9. The summed E-state index contributed by atoms with van der Waals surface area (Å²) in [5.74, 6) is 2.57. The number of benzene rings is 4. The maximum Gasteiger partial charge on any atom is 0.231 e. The van der Waals surface area contributed by atoms with E-state index in [9.17, 15) is 8.78 Å². The summed E-state index contributed by atoms with van der Waals surface area (Å²) in [6.45, 7) is 1.53. The number of hydrogen-bond donors (Lipinski definition) is 3. The van der Waals surface area contributed by atoms with Gasteiger partial charge in [-0.25, -0.2) is 33.7 Å². The summed E-state index contributed by atoms with van der Waals surface area (Å²) in [6, 6.07) is 20.6. The summed E-state index contributed by atoms with van der Waals surface area (Å²) in [7, 11) is 0. The molecule has 304 valence electrons. The number of rotatable bonds is 10. The van der Waals surface area contributed by atoms with Gasteiger partial charge in [0.05, 0.1) is 6.33 Å². The van der Waals surface area contributed by atoms with Gasteiger partial charge in [0.25, 0.3) is 0 Å². The zero-order valence-electron chi connectivity index (χ0n) is 31.0. The number of aromatic nitrogens is 8. The first kappa shape index (κ1) is 39.7. The molecule has 0 saturated carbocycles. The van der Waals surface area contributed by atoms with Gasteiger partial charge in [0.2, 0.25) is 13.6 Å². The van der Waals surface area contributed by atoms with E-state index in [4.69, 9.17) is 30.1 Å². The van der Waals surface area contributed by atoms with Crippen LogP contribution in [0.5, 0.6) is 23.0 Å². The molecule has 0 saturated heterocycles. The quantitative estimate of drug-likeness (QED) is 0.119. The Balaban J connectivity index is 0.000000154. The molecule has 4 aromatic heterocycles. The molecule has 14 nitrogen and oxygen atoms in total. The third-order valence-electron chi connectivity index (χ3n) is 9.33. The highest BCUT2D eigenvalue weighted by Crippen LogP contribution is 2.44. The second-order valence-corrected chi connectivity index (χ2v) is 17.0. The third kappa shape index (κ3) is 8.49. The molecule has 0 radical (unpaired) electrons. The van der Waals surface area contributed by atoms with Gasteiger partial charge in [-0.15, -0.1) is 0 Å². The first-order valence-electron chi connectivity index (χ1n) is 18.1. The van der Waals surface area contributed by atoms with Crippen LogP contribution in [0.15, 0.2) is 115 Å². The first-order valence-corrected chi connectivity index (χ1v) is 21.4. The molecule has 0 fully saturated rings. The van der Waals surface area contributed by atoms with Crippen molar-refractivity contribution in [2.45, 2.75) is 46.0 Å². The molecule has 0 unspecified atom stereocenters. The van der Waals surface area contributed by atoms with Crippen LogP contribution in [0.4, 0.5) is 14.6 Å². The molecule has 4 aromatic carbocycles. The highest BCUT2D eigenvalue weighted by Gasteiger charge is 2.22. The number of nitrogens with two attached hydrogens (primary N) is 1. The fourth-order valence-electron chi connectivity index (χ4n) is 6.42. The maximum atomic E-state index is 13.6. The van der Waals surface area contributed by atoms with Crippen LogP contribution < -0.4 is 30.2 Å². The summed E-state index contributed by atoms with van der Waals surface area (Å²) in [5.41, 5.74) is 10.3. The van der Waals surface area contributed by atoms with Crippen molar-refractivity contribution in [3.8, 4) is 23.0 Å². The fraction of sp³-hybridized carbons (Fsp3) is 0.150. The molecule has 6 heterocycles. The van der Waals surface area contributed by atoms with Crippen LogP contribution in [0.1, 0.15) is 11.1 Å². The number of aromatic amines is 1. The standard InChI is InChI=1S/2C20H15BrFN5O2S/c21-13-7-14-15(29-10-28-14)8-16(13)30-20-25-17-18(23)24-9-27(19(17)26-20)5-4-11-2-1-3-12(22)6-11;21-13-7-14-15(29-10-28-14)8-16(13)30-20-26-17-18(23)24-9-25-19(17)27(20)5-4-11-2-1-3-12(22)6-11/h1-3,6-9,23H,4-5,10H2,(H,25,26);1-3,6-9H,4-5,10H2,(H2,23,24,25). The summed E-state index contributed by atoms with van der Waals surface area (Å²) in [6.07, 6.45) is 4.25. The van der Waals surface area contributed by atoms with Crippen molar-refractivity contribution in [3.05, 3.63) is 123 Å². The Bertz CT molecular complexity index is 2990. The van der Waals surface area contributed by atoms with Crippen molar-refractivity contribution in [1.29, 1.82) is 5.41 Å². The Hall–Kier alpha value is -5.70. The number of H-pyrrole nitrogens is 1. The zero-order valence-corrected chi connectivity index (χ0v) is 35.8. The molecule has 0 atom stereocenters. The Labute approximate surface area is 364 Å². The van der Waals surface area contributed by atoms with Gasteiger partial charge in [0.1, 0.15) is 23.5 Å². The van der Waals surface area contributed by atoms with Crippen LogP contribution in [-0.4, -0.2) is 52.6 Å². The number of nitrogens with one attached hydrogen (secondary N) is 2. The van der Waals surface area contributed by atoms with Crippen molar-refractivity contribution >= 4 is 83.5 Å². The van der Waals surface area contributed by atoms with Crippen LogP contribution in [0.3, 0.4) is 0 Å². The van der Waals surface area contributed by atoms with Gasteiger partial charge in [-0.05, 0) is 104 Å². The van der Waals surface area contributed by atoms with E-state index in [1.165, 1.54) is 54.1 Å². The van der Waals surface area contributed by atoms with Crippen molar-refractivity contribution in [1.82, 2.24) is 39.0 Å². The van der Waals surface area contributed by atoms with E-state index in [0.29, 0.717) is 87.4 Å². The summed E-state index contributed by atoms with van der Waals surface area (Å²) < 4.78 is 54.3. The maximum absolute atomic E-state index is 13.6. The molecule has 60 heavy (non-hydrogen) atoms. The van der Waals surface area contributed by atoms with E-state index in [1.807, 2.05) is 45.5 Å². The Morgan fingerprint density at radius 1 is 0.733 bits per heavy atom. The van der Waals surface area contributed by atoms with Crippen molar-refractivity contribution < 1.29 is 27.7 Å². The second-order valence-electron chi connectivity index (χ2n) is 13.2. The monoisotopic (exact) mass is 974 g/mol. The highest BCUT2D eigenvalue weighted by molar-refractivity contribution is 9.10. The van der Waals surface area contributed by atoms with E-state index < -0.39 is 0 Å². The van der Waals surface area contributed by atoms with Crippen molar-refractivity contribution in [2.24, 2.45) is 0 Å². The molecular formula is C40H30Br2F2N10O4S2. The topological polar surface area (TPSA) is 177 Å². The minimum Gasteiger partial charge on any atom is -0.454 e. The van der Waals surface area contributed by atoms with E-state index in [-0.39, 0.29) is 30.7 Å². The molecule has 20 heteroatoms. The fourth-order valence-corrected chi connectivity index (χ4v) is 9.31. The van der Waals surface area contributed by atoms with E-state index in [1.54, 1.807) is 18.5 Å². The smallest absolute Gasteiger partial charge is 0.231 e. The average Bonchev–Trinajstić information content (AvgIpc) is 4.05. The predicted molar refractivity (Wildman–Crippen MR) is 226 cm³/mol. The normalized spacial score (nSPS) is 12.6. The molecule has 0 aliphatic carbocycles. The first-order chi connectivity index (χ1) is 29.1. The van der Waals surface area contributed by atoms with Crippen LogP contribution >= 0.6 is 55.4 Å². The number of fused-ring (bicyclic) bond motifs is 4. The van der Waals surface area contributed by atoms with E-state index >= 15 is 0 Å². The molecule has 4 N–H and O–H groups in total. The number of ether oxygens (including phenoxy) is 4. The van der Waals surface area contributed by atoms with Gasteiger partial charge in [0, 0.05) is 31.8 Å². The van der Waals surface area contributed by atoms with Gasteiger partial charge >= 0.3 is 0 Å². The largest absolute Gasteiger partial charge is 0.454 e. The molecule has 0 amide bonds. The van der Waals surface area contributed by atoms with Gasteiger partial charge in [-0.2, -0.15) is 0 Å². The lowest BCUT2D eigenvalue weighted by Crippen LogP contribution is -2.13. The summed E-state index contributed by atoms with van der Waals surface area (Å²) >= 11 is 10.0. The van der Waals surface area contributed by atoms with Crippen LogP contribution in [0.25, 0.3) is 22.3 Å². The minimum atomic E-state index is -0.256. The summed E-state index contributed by atoms with van der Waals surface area (Å²) in [5, 5.41) is 9.45. The van der Waals surface area contributed by atoms with Crippen LogP contribution in [0.2, 0.25) is 0 Å². The number of aryl methyl sites for hydroxylation is 4. The second kappa shape index (κ2) is 17.1. The molecular weight excluding hydrogens is 946 g/mol. The predicted octanol–water partition coefficient (Wildman–Crippen LogP) is 8.70. The molecule has 0 bridgehead atoms. The van der Waals surface area contributed by atoms with Crippen molar-refractivity contribution in [2.75, 3.05) is 19.3 Å². The summed E-state index contributed by atoms with van der Waals surface area (Å²) in [4.78, 5) is 26.9. The van der Waals surface area contributed by atoms with Gasteiger partial charge < -0.3 is 38.8 Å². The molecule has 10 rings (SSSR count). The molecule has 2 aliphatic heterocycles. The van der Waals surface area contributed by atoms with Gasteiger partial charge in [-0.1, -0.05) is 47.8 Å². The van der Waals surface area contributed by atoms with Crippen molar-refractivity contribution in [3.63, 3.8) is 0 Å². The molecule has 2 aliphatic rings. The number of imidazole rings is 2. The Kier molecular flexibility index (Phi) is 11.3. The zero-order chi connectivity index (χ0) is 41.3. The van der Waals surface area contributed by atoms with Gasteiger partial charge in [0.15, 0.2) is 61.4 Å². The third-order valence-corrected chi connectivity index (χ3v) is 13.2. The number of hydrogen-bond acceptors (Lipinski definition) is 13. The van der Waals surface area contributed by atoms with Gasteiger partial charge in [-0.3, -0.25) is 5.41 Å². The van der Waals surface area contributed by atoms with Crippen LogP contribution in [0, 0.1) is 17.0 Å². The van der Waals surface area contributed by atoms with E-state index in [0.717, 1.165) is 29.9 Å². The molecule has 0 spiro atoms. The Morgan fingerprint density at radius 2 is 1.33 bits per heavy atom. The number of halogens is 4. The van der Waals surface area contributed by atoms with Crippen LogP contribution in [-0.2, 0) is 25.9 Å². The number of nitrogen functional groups attached to an aromatic ring is 1. The van der Waals surface area contributed by atoms with E-state index in [2.05, 4.69) is 61.8 Å². The molecule has 8 aromatic rings. The lowest BCUT2D eigenvalue weighted by molar-refractivity contribution is 0.173.